The van der Waals surface area contributed by atoms with Crippen molar-refractivity contribution in [3.63, 3.8) is 0 Å². The van der Waals surface area contributed by atoms with Crippen LogP contribution in [-0.2, 0) is 23.9 Å². The number of halogens is 5. The zero-order chi connectivity index (χ0) is 20.5. The summed E-state index contributed by atoms with van der Waals surface area (Å²) in [6.07, 6.45) is -3.29. The van der Waals surface area contributed by atoms with E-state index in [1.165, 1.54) is 0 Å². The second-order valence-electron chi connectivity index (χ2n) is 6.83. The molecule has 28 heavy (non-hydrogen) atoms. The second-order valence-corrected chi connectivity index (χ2v) is 6.83. The van der Waals surface area contributed by atoms with Crippen LogP contribution in [0.3, 0.4) is 0 Å². The highest BCUT2D eigenvalue weighted by Gasteiger charge is 2.37. The summed E-state index contributed by atoms with van der Waals surface area (Å²) in [5.41, 5.74) is 5.12. The monoisotopic (exact) mass is 402 g/mol. The molecule has 0 saturated carbocycles. The number of rotatable bonds is 5. The Morgan fingerprint density at radius 2 is 2.11 bits per heavy atom. The summed E-state index contributed by atoms with van der Waals surface area (Å²) in [4.78, 5) is 16.3. The number of Topliss-reactive ketones (excluding diaryl/α,β-unsaturated/α-hetero) is 1. The van der Waals surface area contributed by atoms with Crippen molar-refractivity contribution >= 4 is 11.7 Å². The van der Waals surface area contributed by atoms with Crippen LogP contribution in [0.25, 0.3) is 0 Å². The lowest BCUT2D eigenvalue weighted by molar-refractivity contribution is -0.143. The average molecular weight is 402 g/mol. The van der Waals surface area contributed by atoms with Crippen molar-refractivity contribution in [2.24, 2.45) is 5.73 Å². The molecule has 10 heteroatoms. The Hall–Kier alpha value is -2.49. The van der Waals surface area contributed by atoms with E-state index in [2.05, 4.69) is 10.3 Å². The third-order valence-corrected chi connectivity index (χ3v) is 4.67. The lowest BCUT2D eigenvalue weighted by Gasteiger charge is -2.18. The molecule has 3 rings (SSSR count). The maximum atomic E-state index is 13.7. The van der Waals surface area contributed by atoms with Crippen LogP contribution in [0.2, 0.25) is 0 Å². The van der Waals surface area contributed by atoms with E-state index < -0.39 is 35.6 Å². The molecular weight excluding hydrogens is 383 g/mol. The number of ketones is 1. The normalized spacial score (nSPS) is 18.1. The molecule has 0 bridgehead atoms. The summed E-state index contributed by atoms with van der Waals surface area (Å²) in [6, 6.07) is 1.51. The molecule has 0 aliphatic carbocycles. The van der Waals surface area contributed by atoms with Gasteiger partial charge in [0.2, 0.25) is 5.95 Å². The van der Waals surface area contributed by atoms with Crippen molar-refractivity contribution in [3.05, 3.63) is 47.3 Å². The second kappa shape index (κ2) is 7.86. The number of benzene rings is 1. The van der Waals surface area contributed by atoms with Gasteiger partial charge in [0.15, 0.2) is 5.78 Å². The minimum Gasteiger partial charge on any atom is -0.346 e. The summed E-state index contributed by atoms with van der Waals surface area (Å²) >= 11 is 0. The van der Waals surface area contributed by atoms with Gasteiger partial charge in [0, 0.05) is 19.0 Å². The van der Waals surface area contributed by atoms with Gasteiger partial charge >= 0.3 is 6.18 Å². The van der Waals surface area contributed by atoms with Gasteiger partial charge in [-0.15, -0.1) is 0 Å². The number of carbonyl (C=O) groups excluding carboxylic acids is 1. The fraction of sp³-hybridized carbons (Fsp3) is 0.444. The van der Waals surface area contributed by atoms with Crippen LogP contribution in [0.15, 0.2) is 24.4 Å². The number of nitrogens with two attached hydrogens (primary N) is 1. The largest absolute Gasteiger partial charge is 0.433 e. The van der Waals surface area contributed by atoms with Crippen molar-refractivity contribution in [2.45, 2.75) is 50.5 Å². The maximum Gasteiger partial charge on any atom is 0.433 e. The minimum absolute atomic E-state index is 0.0204. The molecule has 1 aromatic heterocycles. The van der Waals surface area contributed by atoms with Gasteiger partial charge in [-0.1, -0.05) is 0 Å². The van der Waals surface area contributed by atoms with Gasteiger partial charge in [-0.3, -0.25) is 4.79 Å². The molecule has 152 valence electrons. The van der Waals surface area contributed by atoms with E-state index in [0.717, 1.165) is 29.0 Å². The molecule has 0 saturated heterocycles. The van der Waals surface area contributed by atoms with Gasteiger partial charge in [-0.25, -0.2) is 13.8 Å². The fourth-order valence-corrected chi connectivity index (χ4v) is 3.32. The highest BCUT2D eigenvalue weighted by atomic mass is 19.4. The first-order valence-corrected chi connectivity index (χ1v) is 8.76. The molecule has 0 radical (unpaired) electrons. The van der Waals surface area contributed by atoms with E-state index in [-0.39, 0.29) is 36.7 Å². The standard InChI is InChI=1S/C18H19F5N4O/c19-11-3-4-13(20)10(6-11)7-12(24)8-15(28)14-2-1-5-27-16(18(21,22)23)9-25-17(27)26-14/h3-4,6,9,12,14H,1-2,5,7-8,24H2,(H,25,26)/t12-,14?/m1/s1. The molecule has 5 nitrogen and oxygen atoms in total. The van der Waals surface area contributed by atoms with E-state index in [1.54, 1.807) is 0 Å². The highest BCUT2D eigenvalue weighted by Crippen LogP contribution is 2.32. The third-order valence-electron chi connectivity index (χ3n) is 4.67. The zero-order valence-corrected chi connectivity index (χ0v) is 14.8. The first-order valence-electron chi connectivity index (χ1n) is 8.76. The summed E-state index contributed by atoms with van der Waals surface area (Å²) in [6.45, 7) is 0.0848. The van der Waals surface area contributed by atoms with Crippen molar-refractivity contribution in [2.75, 3.05) is 5.32 Å². The van der Waals surface area contributed by atoms with E-state index >= 15 is 0 Å². The molecule has 0 amide bonds. The van der Waals surface area contributed by atoms with Crippen LogP contribution in [-0.4, -0.2) is 27.4 Å². The zero-order valence-electron chi connectivity index (χ0n) is 14.8. The Kier molecular flexibility index (Phi) is 5.69. The van der Waals surface area contributed by atoms with Crippen molar-refractivity contribution < 1.29 is 26.7 Å². The highest BCUT2D eigenvalue weighted by molar-refractivity contribution is 5.86. The van der Waals surface area contributed by atoms with Gasteiger partial charge in [0.05, 0.1) is 12.2 Å². The van der Waals surface area contributed by atoms with E-state index in [0.29, 0.717) is 12.8 Å². The van der Waals surface area contributed by atoms with Crippen LogP contribution in [0.5, 0.6) is 0 Å². The maximum absolute atomic E-state index is 13.7. The SMILES string of the molecule is N[C@@H](CC(=O)C1CCCn2c(C(F)(F)F)cnc2N1)Cc1cc(F)ccc1F. The first-order chi connectivity index (χ1) is 13.1. The number of imidazole rings is 1. The molecule has 2 aromatic rings. The van der Waals surface area contributed by atoms with Crippen LogP contribution < -0.4 is 11.1 Å². The number of nitrogens with zero attached hydrogens (tertiary/aromatic N) is 2. The predicted molar refractivity (Wildman–Crippen MR) is 91.5 cm³/mol. The molecule has 1 aliphatic heterocycles. The molecule has 0 spiro atoms. The van der Waals surface area contributed by atoms with Gasteiger partial charge in [-0.05, 0) is 43.0 Å². The van der Waals surface area contributed by atoms with E-state index in [4.69, 9.17) is 5.73 Å². The van der Waals surface area contributed by atoms with Crippen molar-refractivity contribution in [3.8, 4) is 0 Å². The Morgan fingerprint density at radius 1 is 1.36 bits per heavy atom. The van der Waals surface area contributed by atoms with Gasteiger partial charge in [0.25, 0.3) is 0 Å². The Labute approximate surface area is 157 Å². The lowest BCUT2D eigenvalue weighted by Crippen LogP contribution is -2.35. The molecule has 0 fully saturated rings. The topological polar surface area (TPSA) is 72.9 Å². The van der Waals surface area contributed by atoms with Gasteiger partial charge < -0.3 is 15.6 Å². The fourth-order valence-electron chi connectivity index (χ4n) is 3.32. The van der Waals surface area contributed by atoms with Crippen LogP contribution in [0.1, 0.15) is 30.5 Å². The molecule has 1 aliphatic rings. The number of nitrogens with one attached hydrogen (secondary N) is 1. The molecule has 2 heterocycles. The smallest absolute Gasteiger partial charge is 0.346 e. The van der Waals surface area contributed by atoms with Crippen molar-refractivity contribution in [1.82, 2.24) is 9.55 Å². The Bertz CT molecular complexity index is 864. The van der Waals surface area contributed by atoms with E-state index in [9.17, 15) is 26.7 Å². The Balaban J connectivity index is 1.66. The van der Waals surface area contributed by atoms with Crippen LogP contribution in [0.4, 0.5) is 27.9 Å². The summed E-state index contributed by atoms with van der Waals surface area (Å²) in [7, 11) is 0. The van der Waals surface area contributed by atoms with Crippen LogP contribution in [0, 0.1) is 11.6 Å². The number of anilines is 1. The molecule has 2 atom stereocenters. The number of alkyl halides is 3. The predicted octanol–water partition coefficient (Wildman–Crippen LogP) is 3.28. The number of hydrogen-bond acceptors (Lipinski definition) is 4. The summed E-state index contributed by atoms with van der Waals surface area (Å²) in [5, 5.41) is 2.75. The number of fused-ring (bicyclic) bond motifs is 1. The summed E-state index contributed by atoms with van der Waals surface area (Å²) < 4.78 is 67.0. The van der Waals surface area contributed by atoms with Gasteiger partial charge in [-0.2, -0.15) is 13.2 Å². The average Bonchev–Trinajstić information content (AvgIpc) is 2.89. The molecule has 3 N–H and O–H groups in total. The number of hydrogen-bond donors (Lipinski definition) is 2. The number of aromatic nitrogens is 2. The van der Waals surface area contributed by atoms with Crippen LogP contribution >= 0.6 is 0 Å². The first kappa shape index (κ1) is 20.2. The lowest BCUT2D eigenvalue weighted by atomic mass is 9.97. The van der Waals surface area contributed by atoms with Gasteiger partial charge in [0.1, 0.15) is 17.3 Å². The quantitative estimate of drug-likeness (QED) is 0.753. The van der Waals surface area contributed by atoms with E-state index in [1.807, 2.05) is 0 Å². The molecule has 1 aromatic carbocycles. The van der Waals surface area contributed by atoms with Crippen molar-refractivity contribution in [1.29, 1.82) is 0 Å². The Morgan fingerprint density at radius 3 is 2.82 bits per heavy atom. The third kappa shape index (κ3) is 4.49. The number of carbonyl (C=O) groups is 1. The molecular formula is C18H19F5N4O. The minimum atomic E-state index is -4.53. The summed E-state index contributed by atoms with van der Waals surface area (Å²) in [5.74, 6) is -1.55. The molecule has 1 unspecified atom stereocenters.